The van der Waals surface area contributed by atoms with Crippen LogP contribution in [0.1, 0.15) is 30.9 Å². The fourth-order valence-corrected chi connectivity index (χ4v) is 4.25. The average Bonchev–Trinajstić information content (AvgIpc) is 3.16. The van der Waals surface area contributed by atoms with Gasteiger partial charge in [-0.15, -0.1) is 5.10 Å². The van der Waals surface area contributed by atoms with E-state index in [1.807, 2.05) is 18.2 Å². The van der Waals surface area contributed by atoms with Crippen LogP contribution in [-0.2, 0) is 4.79 Å². The number of carbonyl (C=O) groups excluding carboxylic acids is 1. The smallest absolute Gasteiger partial charge is 0.269 e. The highest BCUT2D eigenvalue weighted by molar-refractivity contribution is 6.33. The monoisotopic (exact) mass is 421 g/mol. The van der Waals surface area contributed by atoms with Crippen molar-refractivity contribution in [3.8, 4) is 11.4 Å². The number of nitro benzene ring substituents is 1. The molecule has 2 aliphatic rings. The number of rotatable bonds is 3. The van der Waals surface area contributed by atoms with Crippen molar-refractivity contribution in [2.24, 2.45) is 0 Å². The third-order valence-corrected chi connectivity index (χ3v) is 5.71. The molecule has 9 heteroatoms. The summed E-state index contributed by atoms with van der Waals surface area (Å²) in [7, 11) is 0. The Bertz CT molecular complexity index is 1230. The highest BCUT2D eigenvalue weighted by Gasteiger charge is 2.37. The minimum atomic E-state index is -0.590. The number of hydrogen-bond donors (Lipinski definition) is 1. The summed E-state index contributed by atoms with van der Waals surface area (Å²) in [6.45, 7) is 0. The van der Waals surface area contributed by atoms with E-state index in [0.29, 0.717) is 46.3 Å². The van der Waals surface area contributed by atoms with Gasteiger partial charge in [0.1, 0.15) is 6.04 Å². The molecule has 0 spiro atoms. The first-order valence-electron chi connectivity index (χ1n) is 9.52. The van der Waals surface area contributed by atoms with Gasteiger partial charge in [0, 0.05) is 35.4 Å². The number of allylic oxidation sites excluding steroid dienone is 2. The summed E-state index contributed by atoms with van der Waals surface area (Å²) in [4.78, 5) is 28.3. The minimum absolute atomic E-state index is 0.0145. The van der Waals surface area contributed by atoms with Gasteiger partial charge in [-0.25, -0.2) is 4.68 Å². The van der Waals surface area contributed by atoms with Crippen molar-refractivity contribution in [3.05, 3.63) is 80.5 Å². The average molecular weight is 422 g/mol. The van der Waals surface area contributed by atoms with Gasteiger partial charge in [0.2, 0.25) is 5.95 Å². The molecule has 1 aromatic heterocycles. The lowest BCUT2D eigenvalue weighted by atomic mass is 9.85. The second-order valence-electron chi connectivity index (χ2n) is 7.23. The maximum absolute atomic E-state index is 12.9. The van der Waals surface area contributed by atoms with Crippen molar-refractivity contribution in [1.82, 2.24) is 14.8 Å². The summed E-state index contributed by atoms with van der Waals surface area (Å²) in [6.07, 6.45) is 1.89. The topological polar surface area (TPSA) is 103 Å². The Kier molecular flexibility index (Phi) is 4.36. The summed E-state index contributed by atoms with van der Waals surface area (Å²) < 4.78 is 1.62. The fourth-order valence-electron chi connectivity index (χ4n) is 4.03. The predicted molar refractivity (Wildman–Crippen MR) is 111 cm³/mol. The molecule has 150 valence electrons. The van der Waals surface area contributed by atoms with Crippen LogP contribution in [0.25, 0.3) is 11.4 Å². The highest BCUT2D eigenvalue weighted by atomic mass is 35.5. The Labute approximate surface area is 176 Å². The molecule has 1 aliphatic carbocycles. The SMILES string of the molecule is O=C1CCCC2=C1[C@@H](c1cccc([N+](=O)[O-])c1)n1nc(-c3ccccc3Cl)nc1N2. The van der Waals surface area contributed by atoms with Crippen LogP contribution < -0.4 is 5.32 Å². The Hall–Kier alpha value is -3.52. The van der Waals surface area contributed by atoms with Crippen molar-refractivity contribution in [2.75, 3.05) is 5.32 Å². The van der Waals surface area contributed by atoms with E-state index >= 15 is 0 Å². The standard InChI is InChI=1S/C21H16ClN5O3/c22-15-8-2-1-7-14(15)20-24-21-23-16-9-4-10-17(28)18(16)19(26(21)25-20)12-5-3-6-13(11-12)27(29)30/h1-3,5-8,11,19H,4,9-10H2,(H,23,24,25)/t19-/m1/s1. The van der Waals surface area contributed by atoms with E-state index in [4.69, 9.17) is 11.6 Å². The summed E-state index contributed by atoms with van der Waals surface area (Å²) in [5.74, 6) is 0.918. The van der Waals surface area contributed by atoms with Gasteiger partial charge in [-0.05, 0) is 30.5 Å². The number of nitrogens with zero attached hydrogens (tertiary/aromatic N) is 4. The maximum Gasteiger partial charge on any atom is 0.269 e. The molecule has 0 bridgehead atoms. The summed E-state index contributed by atoms with van der Waals surface area (Å²) >= 11 is 6.33. The van der Waals surface area contributed by atoms with Gasteiger partial charge in [0.15, 0.2) is 11.6 Å². The third-order valence-electron chi connectivity index (χ3n) is 5.38. The molecule has 3 aromatic rings. The number of aromatic nitrogens is 3. The summed E-state index contributed by atoms with van der Waals surface area (Å²) in [5, 5.41) is 19.7. The van der Waals surface area contributed by atoms with Crippen molar-refractivity contribution in [3.63, 3.8) is 0 Å². The number of non-ortho nitro benzene ring substituents is 1. The molecule has 0 fully saturated rings. The van der Waals surface area contributed by atoms with Crippen LogP contribution in [0, 0.1) is 10.1 Å². The molecule has 0 radical (unpaired) electrons. The van der Waals surface area contributed by atoms with Crippen LogP contribution in [-0.4, -0.2) is 25.5 Å². The molecule has 1 N–H and O–H groups in total. The number of nitro groups is 1. The van der Waals surface area contributed by atoms with E-state index in [0.717, 1.165) is 12.1 Å². The zero-order valence-corrected chi connectivity index (χ0v) is 16.5. The first kappa shape index (κ1) is 18.5. The van der Waals surface area contributed by atoms with E-state index < -0.39 is 11.0 Å². The fraction of sp³-hybridized carbons (Fsp3) is 0.190. The number of Topliss-reactive ketones (excluding diaryl/α,β-unsaturated/α-hetero) is 1. The number of carbonyl (C=O) groups is 1. The lowest BCUT2D eigenvalue weighted by Crippen LogP contribution is -2.31. The number of fused-ring (bicyclic) bond motifs is 1. The zero-order chi connectivity index (χ0) is 20.8. The Morgan fingerprint density at radius 2 is 2.00 bits per heavy atom. The Morgan fingerprint density at radius 3 is 2.80 bits per heavy atom. The number of anilines is 1. The van der Waals surface area contributed by atoms with Gasteiger partial charge in [-0.3, -0.25) is 14.9 Å². The molecule has 0 amide bonds. The van der Waals surface area contributed by atoms with Crippen LogP contribution >= 0.6 is 11.6 Å². The molecule has 1 atom stereocenters. The Morgan fingerprint density at radius 1 is 1.17 bits per heavy atom. The zero-order valence-electron chi connectivity index (χ0n) is 15.7. The first-order chi connectivity index (χ1) is 14.5. The summed E-state index contributed by atoms with van der Waals surface area (Å²) in [6, 6.07) is 13.0. The van der Waals surface area contributed by atoms with E-state index in [9.17, 15) is 14.9 Å². The maximum atomic E-state index is 12.9. The van der Waals surface area contributed by atoms with Gasteiger partial charge in [-0.2, -0.15) is 4.98 Å². The van der Waals surface area contributed by atoms with Gasteiger partial charge >= 0.3 is 0 Å². The highest BCUT2D eigenvalue weighted by Crippen LogP contribution is 2.41. The quantitative estimate of drug-likeness (QED) is 0.492. The number of halogens is 1. The second-order valence-corrected chi connectivity index (χ2v) is 7.64. The van der Waals surface area contributed by atoms with Crippen molar-refractivity contribution >= 4 is 29.0 Å². The molecule has 0 unspecified atom stereocenters. The first-order valence-corrected chi connectivity index (χ1v) is 9.90. The van der Waals surface area contributed by atoms with Gasteiger partial charge in [-0.1, -0.05) is 35.9 Å². The number of nitrogens with one attached hydrogen (secondary N) is 1. The number of hydrogen-bond acceptors (Lipinski definition) is 6. The Balaban J connectivity index is 1.70. The number of benzene rings is 2. The van der Waals surface area contributed by atoms with Crippen LogP contribution in [0.15, 0.2) is 59.8 Å². The minimum Gasteiger partial charge on any atom is -0.328 e. The molecule has 5 rings (SSSR count). The molecule has 0 saturated heterocycles. The lowest BCUT2D eigenvalue weighted by Gasteiger charge is -2.32. The second kappa shape index (κ2) is 7.07. The predicted octanol–water partition coefficient (Wildman–Crippen LogP) is 4.53. The lowest BCUT2D eigenvalue weighted by molar-refractivity contribution is -0.384. The molecular weight excluding hydrogens is 406 g/mol. The van der Waals surface area contributed by atoms with E-state index in [1.165, 1.54) is 12.1 Å². The van der Waals surface area contributed by atoms with Gasteiger partial charge < -0.3 is 5.32 Å². The molecular formula is C21H16ClN5O3. The van der Waals surface area contributed by atoms with Gasteiger partial charge in [0.25, 0.3) is 5.69 Å². The normalized spacial score (nSPS) is 17.9. The molecule has 8 nitrogen and oxygen atoms in total. The van der Waals surface area contributed by atoms with E-state index in [1.54, 1.807) is 22.9 Å². The van der Waals surface area contributed by atoms with E-state index in [2.05, 4.69) is 15.4 Å². The molecule has 2 aromatic carbocycles. The summed E-state index contributed by atoms with van der Waals surface area (Å²) in [5.41, 5.74) is 2.64. The number of ketones is 1. The van der Waals surface area contributed by atoms with Crippen molar-refractivity contribution < 1.29 is 9.72 Å². The molecule has 30 heavy (non-hydrogen) atoms. The molecule has 0 saturated carbocycles. The van der Waals surface area contributed by atoms with Gasteiger partial charge in [0.05, 0.1) is 9.95 Å². The van der Waals surface area contributed by atoms with E-state index in [-0.39, 0.29) is 11.5 Å². The van der Waals surface area contributed by atoms with Crippen LogP contribution in [0.5, 0.6) is 0 Å². The van der Waals surface area contributed by atoms with Crippen molar-refractivity contribution in [1.29, 1.82) is 0 Å². The van der Waals surface area contributed by atoms with Crippen molar-refractivity contribution in [2.45, 2.75) is 25.3 Å². The van der Waals surface area contributed by atoms with Crippen LogP contribution in [0.3, 0.4) is 0 Å². The largest absolute Gasteiger partial charge is 0.328 e. The third kappa shape index (κ3) is 2.96. The van der Waals surface area contributed by atoms with Crippen LogP contribution in [0.2, 0.25) is 5.02 Å². The van der Waals surface area contributed by atoms with Crippen LogP contribution in [0.4, 0.5) is 11.6 Å². The molecule has 1 aliphatic heterocycles. The molecule has 2 heterocycles.